The van der Waals surface area contributed by atoms with Gasteiger partial charge in [-0.1, -0.05) is 38.1 Å². The molecule has 0 unspecified atom stereocenters. The molecule has 0 atom stereocenters. The summed E-state index contributed by atoms with van der Waals surface area (Å²) in [5.74, 6) is 0. The molecular weight excluding hydrogens is 250 g/mol. The van der Waals surface area contributed by atoms with Gasteiger partial charge in [-0.3, -0.25) is 9.48 Å². The van der Waals surface area contributed by atoms with Crippen LogP contribution in [0.5, 0.6) is 0 Å². The first-order valence-electron chi connectivity index (χ1n) is 7.22. The molecule has 0 spiro atoms. The van der Waals surface area contributed by atoms with Crippen molar-refractivity contribution in [3.05, 3.63) is 51.4 Å². The minimum atomic E-state index is -0.0708. The molecule has 1 heterocycles. The number of hydrogen-bond acceptors (Lipinski definition) is 2. The molecule has 4 nitrogen and oxygen atoms in total. The van der Waals surface area contributed by atoms with Crippen LogP contribution in [-0.2, 0) is 19.5 Å². The van der Waals surface area contributed by atoms with E-state index in [1.165, 1.54) is 5.56 Å². The molecule has 0 aliphatic heterocycles. The number of aryl methyl sites for hydroxylation is 1. The van der Waals surface area contributed by atoms with Gasteiger partial charge in [0.25, 0.3) is 5.56 Å². The molecule has 0 fully saturated rings. The van der Waals surface area contributed by atoms with Crippen molar-refractivity contribution in [2.75, 3.05) is 5.73 Å². The molecule has 20 heavy (non-hydrogen) atoms. The average molecular weight is 273 g/mol. The molecule has 2 aromatic rings. The molecule has 0 bridgehead atoms. The molecule has 0 saturated carbocycles. The smallest absolute Gasteiger partial charge is 0.290 e. The molecule has 0 radical (unpaired) electrons. The zero-order valence-corrected chi connectivity index (χ0v) is 12.5. The predicted octanol–water partition coefficient (Wildman–Crippen LogP) is 2.56. The Morgan fingerprint density at radius 1 is 1.15 bits per heavy atom. The van der Waals surface area contributed by atoms with Crippen LogP contribution in [0.4, 0.5) is 5.69 Å². The quantitative estimate of drug-likeness (QED) is 0.910. The summed E-state index contributed by atoms with van der Waals surface area (Å²) in [6, 6.07) is 8.15. The van der Waals surface area contributed by atoms with E-state index in [4.69, 9.17) is 5.73 Å². The monoisotopic (exact) mass is 273 g/mol. The maximum atomic E-state index is 12.4. The van der Waals surface area contributed by atoms with Gasteiger partial charge in [-0.2, -0.15) is 0 Å². The second kappa shape index (κ2) is 5.99. The first-order chi connectivity index (χ1) is 9.60. The van der Waals surface area contributed by atoms with Gasteiger partial charge in [-0.25, -0.2) is 4.68 Å². The third-order valence-corrected chi connectivity index (χ3v) is 3.73. The number of benzene rings is 1. The van der Waals surface area contributed by atoms with E-state index in [0.717, 1.165) is 30.6 Å². The predicted molar refractivity (Wildman–Crippen MR) is 83.1 cm³/mol. The Morgan fingerprint density at radius 3 is 2.45 bits per heavy atom. The molecule has 0 aliphatic rings. The Balaban J connectivity index is 2.51. The fraction of sp³-hybridized carbons (Fsp3) is 0.438. The molecule has 4 heteroatoms. The molecule has 0 aliphatic carbocycles. The summed E-state index contributed by atoms with van der Waals surface area (Å²) >= 11 is 0. The first-order valence-corrected chi connectivity index (χ1v) is 7.22. The van der Waals surface area contributed by atoms with Gasteiger partial charge in [0.15, 0.2) is 0 Å². The summed E-state index contributed by atoms with van der Waals surface area (Å²) in [6.07, 6.45) is 1.76. The van der Waals surface area contributed by atoms with Crippen molar-refractivity contribution in [1.29, 1.82) is 0 Å². The molecule has 108 valence electrons. The Kier molecular flexibility index (Phi) is 4.32. The Morgan fingerprint density at radius 2 is 1.85 bits per heavy atom. The van der Waals surface area contributed by atoms with Crippen molar-refractivity contribution < 1.29 is 0 Å². The second-order valence-corrected chi connectivity index (χ2v) is 5.13. The summed E-state index contributed by atoms with van der Waals surface area (Å²) in [4.78, 5) is 12.4. The highest BCUT2D eigenvalue weighted by Gasteiger charge is 2.16. The van der Waals surface area contributed by atoms with E-state index in [0.29, 0.717) is 12.2 Å². The number of anilines is 1. The molecule has 0 amide bonds. The summed E-state index contributed by atoms with van der Waals surface area (Å²) in [6.45, 7) is 7.61. The standard InChI is InChI=1S/C16H23N3O/c1-4-10-18-14(5-2)15(17)16(20)19(18)11-13-9-7-6-8-12(13)3/h6-9H,4-5,10-11,17H2,1-3H3. The number of hydrogen-bond donors (Lipinski definition) is 1. The van der Waals surface area contributed by atoms with Gasteiger partial charge in [0.1, 0.15) is 5.69 Å². The summed E-state index contributed by atoms with van der Waals surface area (Å²) in [7, 11) is 0. The fourth-order valence-corrected chi connectivity index (χ4v) is 2.60. The minimum absolute atomic E-state index is 0.0708. The van der Waals surface area contributed by atoms with Gasteiger partial charge >= 0.3 is 0 Å². The average Bonchev–Trinajstić information content (AvgIpc) is 2.66. The lowest BCUT2D eigenvalue weighted by atomic mass is 10.1. The van der Waals surface area contributed by atoms with Gasteiger partial charge < -0.3 is 5.73 Å². The van der Waals surface area contributed by atoms with Gasteiger partial charge in [0, 0.05) is 6.54 Å². The molecular formula is C16H23N3O. The first kappa shape index (κ1) is 14.4. The van der Waals surface area contributed by atoms with Crippen molar-refractivity contribution in [1.82, 2.24) is 9.36 Å². The topological polar surface area (TPSA) is 52.9 Å². The number of nitrogen functional groups attached to an aromatic ring is 1. The van der Waals surface area contributed by atoms with Crippen LogP contribution in [0.15, 0.2) is 29.1 Å². The van der Waals surface area contributed by atoms with E-state index in [2.05, 4.69) is 26.0 Å². The van der Waals surface area contributed by atoms with E-state index in [9.17, 15) is 4.79 Å². The van der Waals surface area contributed by atoms with Crippen LogP contribution in [0.2, 0.25) is 0 Å². The molecule has 2 rings (SSSR count). The van der Waals surface area contributed by atoms with Crippen molar-refractivity contribution in [2.24, 2.45) is 0 Å². The lowest BCUT2D eigenvalue weighted by molar-refractivity contribution is 0.451. The van der Waals surface area contributed by atoms with Crippen LogP contribution < -0.4 is 11.3 Å². The lowest BCUT2D eigenvalue weighted by Gasteiger charge is -2.14. The Bertz CT molecular complexity index is 652. The zero-order chi connectivity index (χ0) is 14.7. The molecule has 1 aromatic carbocycles. The SMILES string of the molecule is CCCn1c(CC)c(N)c(=O)n1Cc1ccccc1C. The molecule has 0 saturated heterocycles. The van der Waals surface area contributed by atoms with E-state index in [-0.39, 0.29) is 5.56 Å². The van der Waals surface area contributed by atoms with Gasteiger partial charge in [-0.05, 0) is 30.9 Å². The fourth-order valence-electron chi connectivity index (χ4n) is 2.60. The largest absolute Gasteiger partial charge is 0.393 e. The number of nitrogens with zero attached hydrogens (tertiary/aromatic N) is 2. The van der Waals surface area contributed by atoms with Crippen molar-refractivity contribution in [2.45, 2.75) is 46.7 Å². The minimum Gasteiger partial charge on any atom is -0.393 e. The second-order valence-electron chi connectivity index (χ2n) is 5.13. The highest BCUT2D eigenvalue weighted by atomic mass is 16.1. The Labute approximate surface area is 119 Å². The van der Waals surface area contributed by atoms with Crippen LogP contribution in [0, 0.1) is 6.92 Å². The number of rotatable bonds is 5. The summed E-state index contributed by atoms with van der Waals surface area (Å²) in [5.41, 5.74) is 9.61. The van der Waals surface area contributed by atoms with E-state index < -0.39 is 0 Å². The van der Waals surface area contributed by atoms with Crippen molar-refractivity contribution >= 4 is 5.69 Å². The van der Waals surface area contributed by atoms with Crippen LogP contribution in [0.25, 0.3) is 0 Å². The third-order valence-electron chi connectivity index (χ3n) is 3.73. The van der Waals surface area contributed by atoms with E-state index >= 15 is 0 Å². The van der Waals surface area contributed by atoms with Gasteiger partial charge in [-0.15, -0.1) is 0 Å². The van der Waals surface area contributed by atoms with Gasteiger partial charge in [0.2, 0.25) is 0 Å². The molecule has 1 aromatic heterocycles. The summed E-state index contributed by atoms with van der Waals surface area (Å²) < 4.78 is 3.82. The number of aromatic nitrogens is 2. The normalized spacial score (nSPS) is 10.9. The van der Waals surface area contributed by atoms with E-state index in [1.54, 1.807) is 4.68 Å². The van der Waals surface area contributed by atoms with Crippen molar-refractivity contribution in [3.63, 3.8) is 0 Å². The maximum Gasteiger partial charge on any atom is 0.290 e. The third kappa shape index (κ3) is 2.50. The lowest BCUT2D eigenvalue weighted by Crippen LogP contribution is -2.25. The zero-order valence-electron chi connectivity index (χ0n) is 12.5. The number of nitrogens with two attached hydrogens (primary N) is 1. The van der Waals surface area contributed by atoms with Crippen LogP contribution in [0.1, 0.15) is 37.1 Å². The van der Waals surface area contributed by atoms with Crippen LogP contribution >= 0.6 is 0 Å². The highest BCUT2D eigenvalue weighted by molar-refractivity contribution is 5.42. The highest BCUT2D eigenvalue weighted by Crippen LogP contribution is 2.14. The van der Waals surface area contributed by atoms with Crippen LogP contribution in [-0.4, -0.2) is 9.36 Å². The molecule has 2 N–H and O–H groups in total. The van der Waals surface area contributed by atoms with Crippen LogP contribution in [0.3, 0.4) is 0 Å². The Hall–Kier alpha value is -1.97. The maximum absolute atomic E-state index is 12.4. The van der Waals surface area contributed by atoms with Crippen molar-refractivity contribution in [3.8, 4) is 0 Å². The van der Waals surface area contributed by atoms with Gasteiger partial charge in [0.05, 0.1) is 12.2 Å². The summed E-state index contributed by atoms with van der Waals surface area (Å²) in [5, 5.41) is 0. The van der Waals surface area contributed by atoms with E-state index in [1.807, 2.05) is 23.7 Å².